The maximum atomic E-state index is 11.9. The number of likely N-dealkylation sites (N-methyl/N-ethyl adjacent to an activating group) is 1. The number of carboxylic acids is 2. The van der Waals surface area contributed by atoms with Crippen molar-refractivity contribution in [2.45, 2.75) is 39.3 Å². The van der Waals surface area contributed by atoms with Gasteiger partial charge >= 0.3 is 23.9 Å². The summed E-state index contributed by atoms with van der Waals surface area (Å²) in [7, 11) is 4.00. The lowest BCUT2D eigenvalue weighted by atomic mass is 10.1. The number of ether oxygens (including phenoxy) is 3. The van der Waals surface area contributed by atoms with E-state index in [0.717, 1.165) is 84.0 Å². The number of ketones is 3. The Morgan fingerprint density at radius 2 is 1.11 bits per heavy atom. The van der Waals surface area contributed by atoms with Crippen molar-refractivity contribution in [3.05, 3.63) is 205 Å². The summed E-state index contributed by atoms with van der Waals surface area (Å²) in [4.78, 5) is 115. The van der Waals surface area contributed by atoms with Crippen LogP contribution in [0.2, 0.25) is 15.1 Å². The summed E-state index contributed by atoms with van der Waals surface area (Å²) < 4.78 is 15.5. The highest BCUT2D eigenvalue weighted by atomic mass is 79.9. The van der Waals surface area contributed by atoms with E-state index in [2.05, 4.69) is 92.9 Å². The van der Waals surface area contributed by atoms with Gasteiger partial charge in [-0.25, -0.2) is 14.4 Å². The Kier molecular flexibility index (Phi) is 35.4. The molecule has 1 saturated heterocycles. The standard InChI is InChI=1S/C13H12BrNO3.C11H9NO3.C10H10ClN3O.C10H7NO3.C9H7ClN2O2.C7H4ClNO3.C3H5ClO.C2H4Br2.C2H6/c1-18-13(17)12(16)10-8-15(7-6-14)11-5-3-2-4-9(10)11;1-15-11(14)10(13)8-6-12-9-5-3-2-4-7(8)9;1-12-10(15)5-9-7-4-6(11)2-3-8(7)13-14-9;12-9(10(13)14)7-5-11-8-4-2-1-3-6(7)8;10-5-1-2-7-6(3-5)8(12-11-7)4-9(13)14;8-6-1-2-7(9(11)12)5(3-6)4-10;4-1-3-2-5-3;3-1-2-4;1-2/h2-5,8H,6-7H2,1H3;2-6,12H,1H3;2-4H,5H2,1H3,(H,12,15)(H,13,14);1-5,11H,(H,13,14);1-3H,4H2,(H,11,12)(H,13,14);1-4H;3H,1-2H2;1-2H2;1-2H3. The average Bonchev–Trinajstić information content (AvgIpc) is 1.66. The van der Waals surface area contributed by atoms with E-state index in [-0.39, 0.29) is 35.6 Å². The number of carboxylic acid groups (broad SMARTS) is 2. The molecule has 0 radical (unpaired) electrons. The van der Waals surface area contributed by atoms with Crippen molar-refractivity contribution in [3.63, 3.8) is 0 Å². The Morgan fingerprint density at radius 1 is 0.657 bits per heavy atom. The highest BCUT2D eigenvalue weighted by Crippen LogP contribution is 2.26. The molecule has 12 rings (SSSR count). The molecule has 0 saturated carbocycles. The molecule has 11 aromatic rings. The van der Waals surface area contributed by atoms with Gasteiger partial charge in [0, 0.05) is 113 Å². The molecule has 32 heteroatoms. The fourth-order valence-corrected chi connectivity index (χ4v) is 9.51. The number of aliphatic carboxylic acids is 2. The zero-order valence-corrected chi connectivity index (χ0v) is 61.0. The molecule has 0 bridgehead atoms. The molecule has 1 amide bonds. The second kappa shape index (κ2) is 42.6. The van der Waals surface area contributed by atoms with Crippen molar-refractivity contribution in [3.8, 4) is 0 Å². The molecule has 1 atom stereocenters. The van der Waals surface area contributed by atoms with Crippen molar-refractivity contribution in [2.24, 2.45) is 0 Å². The van der Waals surface area contributed by atoms with Crippen LogP contribution in [0.4, 0.5) is 5.69 Å². The van der Waals surface area contributed by atoms with Crippen LogP contribution in [0, 0.1) is 10.1 Å². The molecule has 1 fully saturated rings. The Hall–Kier alpha value is -9.13. The van der Waals surface area contributed by atoms with Gasteiger partial charge in [0.05, 0.1) is 95.3 Å². The number of hydrogen-bond acceptors (Lipinski definition) is 16. The number of carbonyl (C=O) groups excluding carboxylic acids is 7. The van der Waals surface area contributed by atoms with E-state index < -0.39 is 46.2 Å². The van der Waals surface area contributed by atoms with Crippen molar-refractivity contribution in [2.75, 3.05) is 49.7 Å². The minimum Gasteiger partial charge on any atom is -0.481 e. The monoisotopic (exact) mass is 1630 g/mol. The van der Waals surface area contributed by atoms with Gasteiger partial charge in [-0.3, -0.25) is 49.1 Å². The number of methoxy groups -OCH3 is 2. The van der Waals surface area contributed by atoms with Gasteiger partial charge in [-0.2, -0.15) is 10.2 Å². The van der Waals surface area contributed by atoms with E-state index in [9.17, 15) is 53.3 Å². The van der Waals surface area contributed by atoms with Crippen molar-refractivity contribution >= 4 is 208 Å². The quantitative estimate of drug-likeness (QED) is 0.00690. The van der Waals surface area contributed by atoms with Crippen LogP contribution in [0.1, 0.15) is 66.7 Å². The highest BCUT2D eigenvalue weighted by molar-refractivity contribution is 9.12. The average molecular weight is 1630 g/mol. The van der Waals surface area contributed by atoms with Gasteiger partial charge in [-0.05, 0) is 66.7 Å². The first-order valence-corrected chi connectivity index (χ1v) is 34.2. The molecule has 1 unspecified atom stereocenters. The number of Topliss-reactive ketones (excluding diaryl/α,β-unsaturated/α-hetero) is 3. The molecule has 0 spiro atoms. The molecule has 5 aromatic heterocycles. The lowest BCUT2D eigenvalue weighted by Crippen LogP contribution is -2.20. The van der Waals surface area contributed by atoms with Crippen LogP contribution in [0.15, 0.2) is 146 Å². The highest BCUT2D eigenvalue weighted by Gasteiger charge is 2.24. The number of amides is 1. The minimum atomic E-state index is -1.44. The predicted octanol–water partition coefficient (Wildman–Crippen LogP) is 14.2. The first-order chi connectivity index (χ1) is 47.5. The molecule has 7 N–H and O–H groups in total. The second-order valence-electron chi connectivity index (χ2n) is 19.4. The van der Waals surface area contributed by atoms with Crippen LogP contribution in [-0.2, 0) is 57.6 Å². The third-order valence-corrected chi connectivity index (χ3v) is 16.3. The fraction of sp³-hybridized carbons (Fsp3) is 0.209. The van der Waals surface area contributed by atoms with Crippen LogP contribution in [-0.4, -0.2) is 159 Å². The van der Waals surface area contributed by atoms with Gasteiger partial charge in [0.25, 0.3) is 23.0 Å². The summed E-state index contributed by atoms with van der Waals surface area (Å²) in [6, 6.07) is 36.2. The molecule has 1 aliphatic rings. The Balaban J connectivity index is 0.000000245. The SMILES string of the molecule is BrCCBr.CC.CNC(=O)Cc1[nH]nc2ccc(Cl)cc12.COC(=O)C(=O)c1c[nH]c2ccccc12.COC(=O)C(=O)c1cn(CCBr)c2ccccc12.ClCC1CO1.O=C(O)C(=O)c1c[nH]c2ccccc12.O=C(O)Cc1[nH]nc2ccc(Cl)cc12.O=Cc1cc(Cl)ccc1[N+](=O)[O-]. The molecular weight excluding hydrogens is 1570 g/mol. The number of hydrogen-bond donors (Lipinski definition) is 7. The minimum absolute atomic E-state index is 0.00694. The molecule has 6 heterocycles. The molecule has 99 heavy (non-hydrogen) atoms. The van der Waals surface area contributed by atoms with Crippen LogP contribution < -0.4 is 5.32 Å². The number of nitrogens with one attached hydrogen (secondary N) is 5. The zero-order chi connectivity index (χ0) is 73.3. The number of benzene rings is 6. The molecule has 522 valence electrons. The largest absolute Gasteiger partial charge is 0.481 e. The van der Waals surface area contributed by atoms with Crippen molar-refractivity contribution in [1.82, 2.24) is 40.2 Å². The first kappa shape index (κ1) is 82.3. The van der Waals surface area contributed by atoms with Gasteiger partial charge in [0.15, 0.2) is 6.29 Å². The number of halogens is 7. The number of H-pyrrole nitrogens is 4. The zero-order valence-electron chi connectivity index (χ0n) is 53.2. The number of esters is 2. The van der Waals surface area contributed by atoms with E-state index in [0.29, 0.717) is 55.5 Å². The first-order valence-electron chi connectivity index (χ1n) is 29.1. The van der Waals surface area contributed by atoms with E-state index in [4.69, 9.17) is 61.4 Å². The Bertz CT molecular complexity index is 4590. The molecule has 1 aliphatic heterocycles. The number of aromatic nitrogens is 7. The number of epoxide rings is 1. The van der Waals surface area contributed by atoms with Gasteiger partial charge in [0.1, 0.15) is 0 Å². The summed E-state index contributed by atoms with van der Waals surface area (Å²) in [6.45, 7) is 5.61. The Morgan fingerprint density at radius 3 is 1.54 bits per heavy atom. The summed E-state index contributed by atoms with van der Waals surface area (Å²) >= 11 is 32.2. The predicted molar refractivity (Wildman–Crippen MR) is 391 cm³/mol. The van der Waals surface area contributed by atoms with E-state index >= 15 is 0 Å². The van der Waals surface area contributed by atoms with Crippen molar-refractivity contribution in [1.29, 1.82) is 0 Å². The van der Waals surface area contributed by atoms with Crippen LogP contribution in [0.25, 0.3) is 54.5 Å². The van der Waals surface area contributed by atoms with Gasteiger partial charge in [-0.15, -0.1) is 11.6 Å². The smallest absolute Gasteiger partial charge is 0.379 e. The number of alkyl halides is 4. The van der Waals surface area contributed by atoms with E-state index in [1.807, 2.05) is 73.0 Å². The van der Waals surface area contributed by atoms with Crippen LogP contribution in [0.5, 0.6) is 0 Å². The van der Waals surface area contributed by atoms with Gasteiger partial charge in [0.2, 0.25) is 5.91 Å². The summed E-state index contributed by atoms with van der Waals surface area (Å²) in [5.41, 5.74) is 6.13. The van der Waals surface area contributed by atoms with Crippen LogP contribution in [0.3, 0.4) is 0 Å². The number of aromatic amines is 4. The molecule has 6 aromatic carbocycles. The third kappa shape index (κ3) is 25.0. The number of carbonyl (C=O) groups is 9. The summed E-state index contributed by atoms with van der Waals surface area (Å²) in [6.07, 6.45) is 5.65. The molecular formula is C67H64Br3Cl4N9O16. The number of nitrogens with zero attached hydrogens (tertiary/aromatic N) is 4. The second-order valence-corrected chi connectivity index (χ2v) is 23.4. The normalized spacial score (nSPS) is 11.3. The number of aryl methyl sites for hydroxylation is 1. The molecule has 0 aliphatic carbocycles. The fourth-order valence-electron chi connectivity index (χ4n) is 8.43. The number of aldehydes is 1. The summed E-state index contributed by atoms with van der Waals surface area (Å²) in [5, 5.41) is 51.8. The van der Waals surface area contributed by atoms with Crippen molar-refractivity contribution < 1.29 is 72.5 Å². The maximum absolute atomic E-state index is 11.9. The Labute approximate surface area is 610 Å². The maximum Gasteiger partial charge on any atom is 0.379 e. The number of fused-ring (bicyclic) bond motifs is 5. The van der Waals surface area contributed by atoms with E-state index in [1.165, 1.54) is 44.8 Å². The van der Waals surface area contributed by atoms with E-state index in [1.54, 1.807) is 67.8 Å². The lowest BCUT2D eigenvalue weighted by molar-refractivity contribution is -0.385. The number of nitro benzene ring substituents is 1. The number of para-hydroxylation sites is 3. The van der Waals surface area contributed by atoms with Gasteiger partial charge in [-0.1, -0.05) is 151 Å². The summed E-state index contributed by atoms with van der Waals surface area (Å²) in [5.74, 6) is -5.53. The van der Waals surface area contributed by atoms with Crippen LogP contribution >= 0.6 is 94.2 Å². The van der Waals surface area contributed by atoms with Gasteiger partial charge < -0.3 is 44.3 Å². The number of nitro groups is 1. The molecule has 25 nitrogen and oxygen atoms in total. The third-order valence-electron chi connectivity index (χ3n) is 13.1. The topological polar surface area (TPSA) is 374 Å². The number of rotatable bonds is 16. The lowest BCUT2D eigenvalue weighted by Gasteiger charge is -2.00.